The van der Waals surface area contributed by atoms with E-state index < -0.39 is 12.6 Å². The number of ether oxygens (including phenoxy) is 1. The third kappa shape index (κ3) is 4.81. The zero-order valence-electron chi connectivity index (χ0n) is 10.9. The van der Waals surface area contributed by atoms with Crippen LogP contribution < -0.4 is 10.5 Å². The molecule has 0 spiro atoms. The van der Waals surface area contributed by atoms with Gasteiger partial charge in [0.05, 0.1) is 6.61 Å². The predicted molar refractivity (Wildman–Crippen MR) is 67.7 cm³/mol. The van der Waals surface area contributed by atoms with Crippen LogP contribution >= 0.6 is 0 Å². The van der Waals surface area contributed by atoms with Crippen LogP contribution in [0, 0.1) is 19.3 Å². The molecule has 0 fully saturated rings. The maximum absolute atomic E-state index is 12.0. The van der Waals surface area contributed by atoms with Gasteiger partial charge in [0.15, 0.2) is 0 Å². The van der Waals surface area contributed by atoms with E-state index in [9.17, 15) is 13.2 Å². The molecular formula is C13H17F3N2O. The van der Waals surface area contributed by atoms with E-state index in [1.165, 1.54) is 0 Å². The molecular weight excluding hydrogens is 257 g/mol. The van der Waals surface area contributed by atoms with Crippen LogP contribution in [0.1, 0.15) is 29.5 Å². The number of benzene rings is 1. The third-order valence-electron chi connectivity index (χ3n) is 2.62. The molecule has 0 unspecified atom stereocenters. The average molecular weight is 274 g/mol. The van der Waals surface area contributed by atoms with Crippen LogP contribution in [-0.2, 0) is 0 Å². The number of alkyl halides is 3. The quantitative estimate of drug-likeness (QED) is 0.491. The van der Waals surface area contributed by atoms with Crippen LogP contribution in [0.15, 0.2) is 12.1 Å². The van der Waals surface area contributed by atoms with Gasteiger partial charge in [0.1, 0.15) is 11.6 Å². The first-order chi connectivity index (χ1) is 8.70. The van der Waals surface area contributed by atoms with Crippen molar-refractivity contribution in [2.45, 2.75) is 32.9 Å². The highest BCUT2D eigenvalue weighted by molar-refractivity contribution is 5.95. The van der Waals surface area contributed by atoms with E-state index in [1.807, 2.05) is 0 Å². The fourth-order valence-corrected chi connectivity index (χ4v) is 1.78. The number of halogens is 3. The van der Waals surface area contributed by atoms with Crippen LogP contribution in [-0.4, -0.2) is 18.6 Å². The van der Waals surface area contributed by atoms with E-state index in [4.69, 9.17) is 15.9 Å². The largest absolute Gasteiger partial charge is 0.493 e. The lowest BCUT2D eigenvalue weighted by atomic mass is 10.1. The fraction of sp³-hybridized carbons (Fsp3) is 0.462. The van der Waals surface area contributed by atoms with Gasteiger partial charge in [-0.3, -0.25) is 5.41 Å². The van der Waals surface area contributed by atoms with Gasteiger partial charge < -0.3 is 10.5 Å². The lowest BCUT2D eigenvalue weighted by molar-refractivity contribution is -0.136. The molecule has 1 aromatic rings. The van der Waals surface area contributed by atoms with Crippen molar-refractivity contribution in [2.75, 3.05) is 6.61 Å². The van der Waals surface area contributed by atoms with Gasteiger partial charge >= 0.3 is 6.18 Å². The van der Waals surface area contributed by atoms with E-state index in [0.717, 1.165) is 11.1 Å². The minimum absolute atomic E-state index is 0.0145. The van der Waals surface area contributed by atoms with Gasteiger partial charge in [0.25, 0.3) is 0 Å². The molecule has 6 heteroatoms. The molecule has 0 aliphatic carbocycles. The smallest absolute Gasteiger partial charge is 0.389 e. The molecule has 0 amide bonds. The molecule has 0 aliphatic heterocycles. The molecule has 3 nitrogen and oxygen atoms in total. The standard InChI is InChI=1S/C13H17F3N2O/c1-8-6-10(12(17)18)7-9(2)11(8)19-5-3-4-13(14,15)16/h6-7H,3-5H2,1-2H3,(H3,17,18). The van der Waals surface area contributed by atoms with Crippen molar-refractivity contribution in [1.29, 1.82) is 5.41 Å². The monoisotopic (exact) mass is 274 g/mol. The zero-order valence-corrected chi connectivity index (χ0v) is 10.9. The molecule has 106 valence electrons. The Morgan fingerprint density at radius 2 is 1.79 bits per heavy atom. The second kappa shape index (κ2) is 5.95. The first kappa shape index (κ1) is 15.3. The van der Waals surface area contributed by atoms with Crippen molar-refractivity contribution in [1.82, 2.24) is 0 Å². The Bertz CT molecular complexity index is 446. The van der Waals surface area contributed by atoms with Crippen molar-refractivity contribution in [3.8, 4) is 5.75 Å². The summed E-state index contributed by atoms with van der Waals surface area (Å²) in [7, 11) is 0. The van der Waals surface area contributed by atoms with E-state index in [1.54, 1.807) is 26.0 Å². The van der Waals surface area contributed by atoms with Crippen LogP contribution in [0.3, 0.4) is 0 Å². The number of amidine groups is 1. The maximum Gasteiger partial charge on any atom is 0.389 e. The van der Waals surface area contributed by atoms with Crippen LogP contribution in [0.4, 0.5) is 13.2 Å². The lowest BCUT2D eigenvalue weighted by Crippen LogP contribution is -2.13. The molecule has 0 atom stereocenters. The Morgan fingerprint density at radius 3 is 2.21 bits per heavy atom. The normalized spacial score (nSPS) is 11.4. The van der Waals surface area contributed by atoms with E-state index in [-0.39, 0.29) is 18.9 Å². The highest BCUT2D eigenvalue weighted by Gasteiger charge is 2.26. The maximum atomic E-state index is 12.0. The van der Waals surface area contributed by atoms with Crippen molar-refractivity contribution >= 4 is 5.84 Å². The summed E-state index contributed by atoms with van der Waals surface area (Å²) >= 11 is 0. The number of hydrogen-bond donors (Lipinski definition) is 2. The first-order valence-electron chi connectivity index (χ1n) is 5.86. The molecule has 0 radical (unpaired) electrons. The predicted octanol–water partition coefficient (Wildman–Crippen LogP) is 3.31. The molecule has 1 rings (SSSR count). The van der Waals surface area contributed by atoms with E-state index in [0.29, 0.717) is 11.3 Å². The van der Waals surface area contributed by atoms with Gasteiger partial charge in [-0.05, 0) is 43.5 Å². The molecule has 0 bridgehead atoms. The number of aryl methyl sites for hydroxylation is 2. The number of nitrogen functional groups attached to an aromatic ring is 1. The minimum Gasteiger partial charge on any atom is -0.493 e. The Hall–Kier alpha value is -1.72. The summed E-state index contributed by atoms with van der Waals surface area (Å²) in [6, 6.07) is 3.38. The van der Waals surface area contributed by atoms with E-state index >= 15 is 0 Å². The Morgan fingerprint density at radius 1 is 1.26 bits per heavy atom. The first-order valence-corrected chi connectivity index (χ1v) is 5.86. The number of hydrogen-bond acceptors (Lipinski definition) is 2. The molecule has 0 saturated carbocycles. The SMILES string of the molecule is Cc1cc(C(=N)N)cc(C)c1OCCCC(F)(F)F. The van der Waals surface area contributed by atoms with Crippen LogP contribution in [0.2, 0.25) is 0 Å². The van der Waals surface area contributed by atoms with Gasteiger partial charge in [0, 0.05) is 12.0 Å². The summed E-state index contributed by atoms with van der Waals surface area (Å²) < 4.78 is 41.4. The van der Waals surface area contributed by atoms with Gasteiger partial charge in [-0.15, -0.1) is 0 Å². The van der Waals surface area contributed by atoms with Crippen LogP contribution in [0.25, 0.3) is 0 Å². The number of nitrogens with one attached hydrogen (secondary N) is 1. The highest BCUT2D eigenvalue weighted by Crippen LogP contribution is 2.26. The van der Waals surface area contributed by atoms with Gasteiger partial charge in [-0.2, -0.15) is 13.2 Å². The van der Waals surface area contributed by atoms with E-state index in [2.05, 4.69) is 0 Å². The van der Waals surface area contributed by atoms with Gasteiger partial charge in [0.2, 0.25) is 0 Å². The van der Waals surface area contributed by atoms with Crippen molar-refractivity contribution in [3.63, 3.8) is 0 Å². The molecule has 0 saturated heterocycles. The summed E-state index contributed by atoms with van der Waals surface area (Å²) in [5.74, 6) is 0.516. The molecule has 1 aromatic carbocycles. The molecule has 3 N–H and O–H groups in total. The second-order valence-corrected chi connectivity index (χ2v) is 4.42. The summed E-state index contributed by atoms with van der Waals surface area (Å²) in [5.41, 5.74) is 7.49. The fourth-order valence-electron chi connectivity index (χ4n) is 1.78. The molecule has 19 heavy (non-hydrogen) atoms. The topological polar surface area (TPSA) is 59.1 Å². The average Bonchev–Trinajstić information content (AvgIpc) is 2.25. The zero-order chi connectivity index (χ0) is 14.6. The molecule has 0 aliphatic rings. The number of rotatable bonds is 5. The Kier molecular flexibility index (Phi) is 4.80. The third-order valence-corrected chi connectivity index (χ3v) is 2.62. The summed E-state index contributed by atoms with van der Waals surface area (Å²) in [6.45, 7) is 3.57. The molecule has 0 heterocycles. The Balaban J connectivity index is 2.67. The molecule has 0 aromatic heterocycles. The Labute approximate surface area is 110 Å². The number of nitrogens with two attached hydrogens (primary N) is 1. The minimum atomic E-state index is -4.15. The van der Waals surface area contributed by atoms with Crippen molar-refractivity contribution in [3.05, 3.63) is 28.8 Å². The van der Waals surface area contributed by atoms with Crippen LogP contribution in [0.5, 0.6) is 5.75 Å². The second-order valence-electron chi connectivity index (χ2n) is 4.42. The van der Waals surface area contributed by atoms with Gasteiger partial charge in [-0.25, -0.2) is 0 Å². The van der Waals surface area contributed by atoms with Crippen molar-refractivity contribution < 1.29 is 17.9 Å². The summed E-state index contributed by atoms with van der Waals surface area (Å²) in [4.78, 5) is 0. The van der Waals surface area contributed by atoms with Crippen molar-refractivity contribution in [2.24, 2.45) is 5.73 Å². The highest BCUT2D eigenvalue weighted by atomic mass is 19.4. The van der Waals surface area contributed by atoms with Gasteiger partial charge in [-0.1, -0.05) is 0 Å². The summed E-state index contributed by atoms with van der Waals surface area (Å²) in [5, 5.41) is 7.35. The summed E-state index contributed by atoms with van der Waals surface area (Å²) in [6.07, 6.45) is -5.07. The lowest BCUT2D eigenvalue weighted by Gasteiger charge is -2.14.